The summed E-state index contributed by atoms with van der Waals surface area (Å²) >= 11 is 0. The third-order valence-electron chi connectivity index (χ3n) is 0.771. The van der Waals surface area contributed by atoms with Crippen molar-refractivity contribution in [3.63, 3.8) is 0 Å². The summed E-state index contributed by atoms with van der Waals surface area (Å²) in [7, 11) is 1.64. The van der Waals surface area contributed by atoms with Gasteiger partial charge in [-0.1, -0.05) is 13.8 Å². The van der Waals surface area contributed by atoms with Crippen LogP contribution in [0.2, 0.25) is 0 Å². The lowest BCUT2D eigenvalue weighted by Crippen LogP contribution is -2.22. The van der Waals surface area contributed by atoms with Gasteiger partial charge in [0, 0.05) is 14.4 Å². The lowest BCUT2D eigenvalue weighted by molar-refractivity contribution is -0.123. The molecule has 0 aromatic heterocycles. The fourth-order valence-corrected chi connectivity index (χ4v) is 0.289. The van der Waals surface area contributed by atoms with Crippen LogP contribution in [0.4, 0.5) is 0 Å². The van der Waals surface area contributed by atoms with Crippen molar-refractivity contribution in [3.05, 3.63) is 0 Å². The van der Waals surface area contributed by atoms with Crippen LogP contribution in [0, 0.1) is 5.92 Å². The molecule has 0 aromatic rings. The van der Waals surface area contributed by atoms with Crippen LogP contribution in [-0.2, 0) is 4.79 Å². The van der Waals surface area contributed by atoms with Crippen LogP contribution in [0.5, 0.6) is 0 Å². The highest BCUT2D eigenvalue weighted by Crippen LogP contribution is 1.87. The third-order valence-corrected chi connectivity index (χ3v) is 0.771. The van der Waals surface area contributed by atoms with E-state index in [4.69, 9.17) is 0 Å². The van der Waals surface area contributed by atoms with Gasteiger partial charge in [0.25, 0.3) is 0 Å². The fraction of sp³-hybridized carbons (Fsp3) is 0.800. The van der Waals surface area contributed by atoms with Crippen molar-refractivity contribution < 1.29 is 6.22 Å². The van der Waals surface area contributed by atoms with E-state index in [0.29, 0.717) is 0 Å². The van der Waals surface area contributed by atoms with Crippen LogP contribution in [0.25, 0.3) is 0 Å². The van der Waals surface area contributed by atoms with E-state index in [-0.39, 0.29) is 37.2 Å². The summed E-state index contributed by atoms with van der Waals surface area (Å²) in [6.07, 6.45) is 0. The molecule has 0 unspecified atom stereocenters. The van der Waals surface area contributed by atoms with Gasteiger partial charge in [-0.2, -0.15) is 0 Å². The molecule has 0 heterocycles. The molecule has 0 rings (SSSR count). The molecule has 2 nitrogen and oxygen atoms in total. The molecule has 0 atom stereocenters. The molecule has 0 radical (unpaired) electrons. The van der Waals surface area contributed by atoms with E-state index in [9.17, 15) is 4.79 Å². The zero-order valence-electron chi connectivity index (χ0n) is 5.39. The maximum Gasteiger partial charge on any atom is 0.222 e. The Hall–Kier alpha value is 0.200. The zero-order chi connectivity index (χ0) is 5.86. The number of carbonyl (C=O) groups excluding carboxylic acids is 1. The molecule has 0 saturated heterocycles. The molecule has 52 valence electrons. The maximum atomic E-state index is 10.4. The quantitative estimate of drug-likeness (QED) is 0.676. The van der Waals surface area contributed by atoms with Crippen LogP contribution in [0.15, 0.2) is 0 Å². The van der Waals surface area contributed by atoms with Crippen molar-refractivity contribution in [2.24, 2.45) is 5.92 Å². The van der Waals surface area contributed by atoms with E-state index in [1.54, 1.807) is 7.05 Å². The average molecular weight is 231 g/mol. The number of amides is 1. The first-order valence-corrected chi connectivity index (χ1v) is 2.40. The standard InChI is InChI=1S/C5H11NO.HI.H2/c1-4(2)5(7)6-3;;/h4H,1-3H3,(H,6,7);2*1H. The monoisotopic (exact) mass is 231 g/mol. The van der Waals surface area contributed by atoms with Gasteiger partial charge in [-0.3, -0.25) is 4.79 Å². The Kier molecular flexibility index (Phi) is 7.38. The summed E-state index contributed by atoms with van der Waals surface area (Å²) in [5.41, 5.74) is 0. The van der Waals surface area contributed by atoms with E-state index in [1.165, 1.54) is 0 Å². The minimum Gasteiger partial charge on any atom is -0.359 e. The van der Waals surface area contributed by atoms with E-state index in [2.05, 4.69) is 5.32 Å². The van der Waals surface area contributed by atoms with Crippen molar-refractivity contribution in [2.75, 3.05) is 7.05 Å². The minimum atomic E-state index is 0. The third kappa shape index (κ3) is 4.36. The van der Waals surface area contributed by atoms with Crippen molar-refractivity contribution in [1.82, 2.24) is 5.32 Å². The maximum absolute atomic E-state index is 10.4. The molecule has 0 spiro atoms. The van der Waals surface area contributed by atoms with Crippen molar-refractivity contribution in [2.45, 2.75) is 13.8 Å². The first-order chi connectivity index (χ1) is 3.18. The Morgan fingerprint density at radius 1 is 1.62 bits per heavy atom. The molecule has 0 aliphatic heterocycles. The average Bonchev–Trinajstić information content (AvgIpc) is 1.65. The molecule has 1 N–H and O–H groups in total. The van der Waals surface area contributed by atoms with Gasteiger partial charge in [0.05, 0.1) is 0 Å². The number of hydrogen-bond donors (Lipinski definition) is 1. The fourth-order valence-electron chi connectivity index (χ4n) is 0.289. The lowest BCUT2D eigenvalue weighted by atomic mass is 10.2. The molecule has 1 amide bonds. The number of hydrogen-bond acceptors (Lipinski definition) is 1. The summed E-state index contributed by atoms with van der Waals surface area (Å²) in [6.45, 7) is 3.72. The number of halogens is 1. The van der Waals surface area contributed by atoms with Gasteiger partial charge in [-0.05, 0) is 0 Å². The molecule has 0 aromatic carbocycles. The molecule has 0 aliphatic carbocycles. The van der Waals surface area contributed by atoms with Gasteiger partial charge in [0.1, 0.15) is 0 Å². The Labute approximate surface area is 68.5 Å². The van der Waals surface area contributed by atoms with Crippen molar-refractivity contribution in [1.29, 1.82) is 0 Å². The first-order valence-electron chi connectivity index (χ1n) is 2.40. The second kappa shape index (κ2) is 5.34. The highest BCUT2D eigenvalue weighted by Gasteiger charge is 2.00. The van der Waals surface area contributed by atoms with Crippen LogP contribution < -0.4 is 5.32 Å². The Morgan fingerprint density at radius 3 is 2.00 bits per heavy atom. The topological polar surface area (TPSA) is 29.1 Å². The van der Waals surface area contributed by atoms with E-state index in [1.807, 2.05) is 13.8 Å². The van der Waals surface area contributed by atoms with Gasteiger partial charge < -0.3 is 5.32 Å². The molecular weight excluding hydrogens is 217 g/mol. The van der Waals surface area contributed by atoms with E-state index in [0.717, 1.165) is 0 Å². The van der Waals surface area contributed by atoms with Crippen LogP contribution in [0.1, 0.15) is 15.3 Å². The molecule has 0 bridgehead atoms. The molecule has 0 aliphatic rings. The summed E-state index contributed by atoms with van der Waals surface area (Å²) in [5.74, 6) is 0.213. The summed E-state index contributed by atoms with van der Waals surface area (Å²) in [4.78, 5) is 10.4. The van der Waals surface area contributed by atoms with Crippen LogP contribution >= 0.6 is 24.0 Å². The van der Waals surface area contributed by atoms with Gasteiger partial charge in [0.2, 0.25) is 5.91 Å². The lowest BCUT2D eigenvalue weighted by Gasteiger charge is -1.98. The van der Waals surface area contributed by atoms with E-state index < -0.39 is 0 Å². The summed E-state index contributed by atoms with van der Waals surface area (Å²) < 4.78 is 0. The predicted octanol–water partition coefficient (Wildman–Crippen LogP) is 1.25. The van der Waals surface area contributed by atoms with Crippen LogP contribution in [0.3, 0.4) is 0 Å². The Balaban J connectivity index is -0.000000180. The summed E-state index contributed by atoms with van der Waals surface area (Å²) in [5, 5.41) is 2.53. The normalized spacial score (nSPS) is 8.00. The first kappa shape index (κ1) is 11.1. The molecule has 0 saturated carbocycles. The summed E-state index contributed by atoms with van der Waals surface area (Å²) in [6, 6.07) is 0. The highest BCUT2D eigenvalue weighted by atomic mass is 127. The Morgan fingerprint density at radius 2 is 2.00 bits per heavy atom. The smallest absolute Gasteiger partial charge is 0.222 e. The molecular formula is C5H14INO. The van der Waals surface area contributed by atoms with Crippen molar-refractivity contribution >= 4 is 29.9 Å². The van der Waals surface area contributed by atoms with Gasteiger partial charge in [-0.15, -0.1) is 24.0 Å². The number of rotatable bonds is 1. The largest absolute Gasteiger partial charge is 0.359 e. The van der Waals surface area contributed by atoms with Crippen LogP contribution in [-0.4, -0.2) is 13.0 Å². The second-order valence-corrected chi connectivity index (χ2v) is 1.77. The second-order valence-electron chi connectivity index (χ2n) is 1.77. The minimum absolute atomic E-state index is 0. The number of nitrogens with one attached hydrogen (secondary N) is 1. The predicted molar refractivity (Wildman–Crippen MR) is 46.4 cm³/mol. The van der Waals surface area contributed by atoms with Gasteiger partial charge in [0.15, 0.2) is 0 Å². The molecule has 3 heteroatoms. The Bertz CT molecular complexity index is 77.4. The van der Waals surface area contributed by atoms with Gasteiger partial charge >= 0.3 is 0 Å². The number of carbonyl (C=O) groups is 1. The highest BCUT2D eigenvalue weighted by molar-refractivity contribution is 14.0. The van der Waals surface area contributed by atoms with Gasteiger partial charge in [-0.25, -0.2) is 0 Å². The molecule has 0 fully saturated rings. The zero-order valence-corrected chi connectivity index (χ0v) is 7.72. The SMILES string of the molecule is CNC(=O)C(C)C.I.[HH]. The van der Waals surface area contributed by atoms with Crippen molar-refractivity contribution in [3.8, 4) is 0 Å². The molecule has 8 heavy (non-hydrogen) atoms. The van der Waals surface area contributed by atoms with E-state index >= 15 is 0 Å².